The average Bonchev–Trinajstić information content (AvgIpc) is 2.85. The maximum absolute atomic E-state index is 11.6. The number of aromatic nitrogens is 3. The second kappa shape index (κ2) is 3.28. The third-order valence-electron chi connectivity index (χ3n) is 2.23. The Labute approximate surface area is 81.5 Å². The number of hydrogen-bond acceptors (Lipinski definition) is 4. The molecule has 0 radical (unpaired) electrons. The van der Waals surface area contributed by atoms with Crippen molar-refractivity contribution in [3.05, 3.63) is 6.20 Å². The van der Waals surface area contributed by atoms with Gasteiger partial charge in [-0.15, -0.1) is 5.10 Å². The molecule has 1 saturated carbocycles. The van der Waals surface area contributed by atoms with Crippen molar-refractivity contribution in [1.82, 2.24) is 20.3 Å². The van der Waals surface area contributed by atoms with Crippen molar-refractivity contribution in [2.75, 3.05) is 5.73 Å². The summed E-state index contributed by atoms with van der Waals surface area (Å²) in [7, 11) is 0. The molecule has 0 spiro atoms. The highest BCUT2D eigenvalue weighted by molar-refractivity contribution is 5.80. The van der Waals surface area contributed by atoms with Crippen LogP contribution < -0.4 is 11.1 Å². The van der Waals surface area contributed by atoms with Crippen molar-refractivity contribution in [2.45, 2.75) is 31.8 Å². The lowest BCUT2D eigenvalue weighted by Gasteiger charge is -2.10. The van der Waals surface area contributed by atoms with Gasteiger partial charge in [-0.25, -0.2) is 4.68 Å². The van der Waals surface area contributed by atoms with Gasteiger partial charge >= 0.3 is 0 Å². The molecule has 1 unspecified atom stereocenters. The first-order chi connectivity index (χ1) is 6.66. The lowest BCUT2D eigenvalue weighted by atomic mass is 10.3. The Morgan fingerprint density at radius 1 is 1.79 bits per heavy atom. The van der Waals surface area contributed by atoms with Crippen LogP contribution in [-0.4, -0.2) is 26.9 Å². The Morgan fingerprint density at radius 2 is 2.50 bits per heavy atom. The normalized spacial score (nSPS) is 17.8. The van der Waals surface area contributed by atoms with Gasteiger partial charge in [-0.2, -0.15) is 0 Å². The highest BCUT2D eigenvalue weighted by Gasteiger charge is 2.26. The molecule has 76 valence electrons. The van der Waals surface area contributed by atoms with Crippen LogP contribution in [0, 0.1) is 0 Å². The van der Waals surface area contributed by atoms with Gasteiger partial charge in [-0.05, 0) is 19.8 Å². The van der Waals surface area contributed by atoms with Gasteiger partial charge in [-0.1, -0.05) is 5.21 Å². The van der Waals surface area contributed by atoms with Crippen LogP contribution >= 0.6 is 0 Å². The van der Waals surface area contributed by atoms with E-state index < -0.39 is 0 Å². The van der Waals surface area contributed by atoms with Gasteiger partial charge in [-0.3, -0.25) is 4.79 Å². The Balaban J connectivity index is 1.99. The molecular formula is C8H13N5O. The zero-order valence-corrected chi connectivity index (χ0v) is 7.97. The maximum Gasteiger partial charge on any atom is 0.244 e. The topological polar surface area (TPSA) is 85.8 Å². The summed E-state index contributed by atoms with van der Waals surface area (Å²) < 4.78 is 1.47. The minimum atomic E-state index is -0.347. The molecule has 1 aliphatic rings. The fraction of sp³-hybridized carbons (Fsp3) is 0.625. The molecule has 3 N–H and O–H groups in total. The standard InChI is InChI=1S/C8H13N5O/c1-5(8(14)10-6-2-3-6)13-4-7(9)11-12-13/h4-6H,2-3,9H2,1H3,(H,10,14). The summed E-state index contributed by atoms with van der Waals surface area (Å²) in [5, 5.41) is 10.3. The van der Waals surface area contributed by atoms with E-state index in [9.17, 15) is 4.79 Å². The smallest absolute Gasteiger partial charge is 0.244 e. The fourth-order valence-corrected chi connectivity index (χ4v) is 1.15. The van der Waals surface area contributed by atoms with E-state index in [-0.39, 0.29) is 11.9 Å². The summed E-state index contributed by atoms with van der Waals surface area (Å²) in [6.45, 7) is 1.77. The third kappa shape index (κ3) is 1.84. The Hall–Kier alpha value is -1.59. The van der Waals surface area contributed by atoms with Crippen molar-refractivity contribution in [1.29, 1.82) is 0 Å². The second-order valence-electron chi connectivity index (χ2n) is 3.58. The number of carbonyl (C=O) groups is 1. The number of amides is 1. The highest BCUT2D eigenvalue weighted by Crippen LogP contribution is 2.19. The van der Waals surface area contributed by atoms with E-state index >= 15 is 0 Å². The van der Waals surface area contributed by atoms with Crippen LogP contribution in [0.2, 0.25) is 0 Å². The number of nitrogen functional groups attached to an aromatic ring is 1. The van der Waals surface area contributed by atoms with Crippen molar-refractivity contribution in [3.63, 3.8) is 0 Å². The lowest BCUT2D eigenvalue weighted by Crippen LogP contribution is -2.32. The number of nitrogens with zero attached hydrogens (tertiary/aromatic N) is 3. The number of nitrogens with one attached hydrogen (secondary N) is 1. The summed E-state index contributed by atoms with van der Waals surface area (Å²) in [6.07, 6.45) is 3.72. The number of hydrogen-bond donors (Lipinski definition) is 2. The predicted octanol–water partition coefficient (Wildman–Crippen LogP) is -0.300. The van der Waals surface area contributed by atoms with Crippen molar-refractivity contribution in [3.8, 4) is 0 Å². The Morgan fingerprint density at radius 3 is 3.00 bits per heavy atom. The van der Waals surface area contributed by atoms with E-state index in [1.54, 1.807) is 13.1 Å². The van der Waals surface area contributed by atoms with Crippen LogP contribution in [0.25, 0.3) is 0 Å². The molecule has 6 nitrogen and oxygen atoms in total. The second-order valence-corrected chi connectivity index (χ2v) is 3.58. The molecule has 1 amide bonds. The van der Waals surface area contributed by atoms with Crippen LogP contribution in [0.5, 0.6) is 0 Å². The van der Waals surface area contributed by atoms with Crippen molar-refractivity contribution < 1.29 is 4.79 Å². The maximum atomic E-state index is 11.6. The van der Waals surface area contributed by atoms with E-state index in [4.69, 9.17) is 5.73 Å². The van der Waals surface area contributed by atoms with Gasteiger partial charge < -0.3 is 11.1 Å². The molecule has 0 aliphatic heterocycles. The summed E-state index contributed by atoms with van der Waals surface area (Å²) in [5.41, 5.74) is 5.40. The first-order valence-corrected chi connectivity index (χ1v) is 4.64. The fourth-order valence-electron chi connectivity index (χ4n) is 1.15. The molecule has 1 fully saturated rings. The summed E-state index contributed by atoms with van der Waals surface area (Å²) in [5.74, 6) is 0.300. The summed E-state index contributed by atoms with van der Waals surface area (Å²) in [4.78, 5) is 11.6. The monoisotopic (exact) mass is 195 g/mol. The molecule has 14 heavy (non-hydrogen) atoms. The van der Waals surface area contributed by atoms with Crippen LogP contribution in [0.1, 0.15) is 25.8 Å². The molecule has 1 heterocycles. The minimum Gasteiger partial charge on any atom is -0.381 e. The van der Waals surface area contributed by atoms with E-state index in [2.05, 4.69) is 15.6 Å². The molecule has 2 rings (SSSR count). The van der Waals surface area contributed by atoms with Crippen LogP contribution in [0.15, 0.2) is 6.20 Å². The van der Waals surface area contributed by atoms with Crippen LogP contribution in [0.3, 0.4) is 0 Å². The van der Waals surface area contributed by atoms with Crippen LogP contribution in [0.4, 0.5) is 5.82 Å². The average molecular weight is 195 g/mol. The number of carbonyl (C=O) groups excluding carboxylic acids is 1. The molecular weight excluding hydrogens is 182 g/mol. The predicted molar refractivity (Wildman–Crippen MR) is 50.3 cm³/mol. The molecule has 0 aromatic carbocycles. The lowest BCUT2D eigenvalue weighted by molar-refractivity contribution is -0.124. The van der Waals surface area contributed by atoms with E-state index in [1.165, 1.54) is 4.68 Å². The van der Waals surface area contributed by atoms with Gasteiger partial charge in [0.2, 0.25) is 5.91 Å². The van der Waals surface area contributed by atoms with Gasteiger partial charge in [0, 0.05) is 6.04 Å². The van der Waals surface area contributed by atoms with Crippen LogP contribution in [-0.2, 0) is 4.79 Å². The van der Waals surface area contributed by atoms with Gasteiger partial charge in [0.1, 0.15) is 6.04 Å². The number of nitrogens with two attached hydrogens (primary N) is 1. The number of anilines is 1. The Kier molecular flexibility index (Phi) is 2.11. The zero-order chi connectivity index (χ0) is 10.1. The van der Waals surface area contributed by atoms with Crippen molar-refractivity contribution >= 4 is 11.7 Å². The van der Waals surface area contributed by atoms with E-state index in [0.717, 1.165) is 12.8 Å². The third-order valence-corrected chi connectivity index (χ3v) is 2.23. The molecule has 1 aromatic heterocycles. The van der Waals surface area contributed by atoms with Gasteiger partial charge in [0.05, 0.1) is 6.20 Å². The highest BCUT2D eigenvalue weighted by atomic mass is 16.2. The van der Waals surface area contributed by atoms with Crippen molar-refractivity contribution in [2.24, 2.45) is 0 Å². The summed E-state index contributed by atoms with van der Waals surface area (Å²) >= 11 is 0. The van der Waals surface area contributed by atoms with E-state index in [1.807, 2.05) is 0 Å². The molecule has 1 atom stereocenters. The first-order valence-electron chi connectivity index (χ1n) is 4.64. The SMILES string of the molecule is CC(C(=O)NC1CC1)n1cc(N)nn1. The number of rotatable bonds is 3. The largest absolute Gasteiger partial charge is 0.381 e. The quantitative estimate of drug-likeness (QED) is 0.693. The summed E-state index contributed by atoms with van der Waals surface area (Å²) in [6, 6.07) is 0.0196. The van der Waals surface area contributed by atoms with Gasteiger partial charge in [0.15, 0.2) is 5.82 Å². The molecule has 0 saturated heterocycles. The molecule has 1 aromatic rings. The minimum absolute atomic E-state index is 0.0302. The van der Waals surface area contributed by atoms with Gasteiger partial charge in [0.25, 0.3) is 0 Å². The Bertz CT molecular complexity index is 343. The molecule has 6 heteroatoms. The van der Waals surface area contributed by atoms with E-state index in [0.29, 0.717) is 11.9 Å². The zero-order valence-electron chi connectivity index (χ0n) is 7.97. The molecule has 1 aliphatic carbocycles. The first kappa shape index (κ1) is 8.98. The molecule has 0 bridgehead atoms.